The summed E-state index contributed by atoms with van der Waals surface area (Å²) in [6.07, 6.45) is 3.35. The summed E-state index contributed by atoms with van der Waals surface area (Å²) in [6.45, 7) is 6.20. The topological polar surface area (TPSA) is 41.1 Å². The van der Waals surface area contributed by atoms with E-state index in [1.165, 1.54) is 0 Å². The molecule has 1 saturated carbocycles. The van der Waals surface area contributed by atoms with E-state index < -0.39 is 0 Å². The Hall–Kier alpha value is -0.870. The van der Waals surface area contributed by atoms with Gasteiger partial charge < -0.3 is 10.6 Å². The van der Waals surface area contributed by atoms with E-state index in [2.05, 4.69) is 38.7 Å². The van der Waals surface area contributed by atoms with Crippen molar-refractivity contribution in [2.45, 2.75) is 33.1 Å². The Morgan fingerprint density at radius 2 is 1.90 bits per heavy atom. The maximum atomic E-state index is 12.5. The van der Waals surface area contributed by atoms with Gasteiger partial charge in [-0.1, -0.05) is 15.9 Å². The van der Waals surface area contributed by atoms with Gasteiger partial charge in [-0.3, -0.25) is 4.79 Å². The van der Waals surface area contributed by atoms with Crippen LogP contribution in [0.15, 0.2) is 16.6 Å². The van der Waals surface area contributed by atoms with Crippen molar-refractivity contribution in [3.63, 3.8) is 0 Å². The average Bonchev–Trinajstić information content (AvgIpc) is 3.08. The minimum Gasteiger partial charge on any atom is -0.325 e. The number of hydrogen-bond donors (Lipinski definition) is 2. The lowest BCUT2D eigenvalue weighted by Gasteiger charge is -2.23. The molecule has 1 spiro atoms. The molecular weight excluding hydrogens is 316 g/mol. The smallest absolute Gasteiger partial charge is 0.228 e. The monoisotopic (exact) mass is 336 g/mol. The lowest BCUT2D eigenvalue weighted by atomic mass is 9.91. The highest BCUT2D eigenvalue weighted by atomic mass is 79.9. The van der Waals surface area contributed by atoms with Crippen LogP contribution in [0.25, 0.3) is 0 Å². The first-order valence-electron chi connectivity index (χ1n) is 7.30. The molecule has 1 aromatic rings. The first kappa shape index (κ1) is 14.1. The number of anilines is 1. The third-order valence-corrected chi connectivity index (χ3v) is 5.31. The number of carbonyl (C=O) groups excluding carboxylic acids is 1. The van der Waals surface area contributed by atoms with Crippen LogP contribution in [0.5, 0.6) is 0 Å². The van der Waals surface area contributed by atoms with E-state index in [1.807, 2.05) is 13.8 Å². The number of aryl methyl sites for hydroxylation is 2. The molecule has 1 heterocycles. The summed E-state index contributed by atoms with van der Waals surface area (Å²) < 4.78 is 1.06. The second-order valence-electron chi connectivity index (χ2n) is 6.27. The maximum Gasteiger partial charge on any atom is 0.228 e. The highest BCUT2D eigenvalue weighted by Gasteiger charge is 2.57. The molecule has 1 aromatic carbocycles. The molecule has 3 rings (SSSR count). The molecule has 0 radical (unpaired) electrons. The minimum absolute atomic E-state index is 0.209. The summed E-state index contributed by atoms with van der Waals surface area (Å²) in [7, 11) is 0. The fourth-order valence-corrected chi connectivity index (χ4v) is 4.20. The molecule has 1 unspecified atom stereocenters. The van der Waals surface area contributed by atoms with E-state index in [1.54, 1.807) is 0 Å². The lowest BCUT2D eigenvalue weighted by molar-refractivity contribution is -0.118. The zero-order chi connectivity index (χ0) is 14.3. The van der Waals surface area contributed by atoms with Gasteiger partial charge in [-0.25, -0.2) is 0 Å². The summed E-state index contributed by atoms with van der Waals surface area (Å²) in [4.78, 5) is 12.5. The number of piperidine rings is 1. The molecule has 4 heteroatoms. The Kier molecular flexibility index (Phi) is 3.63. The van der Waals surface area contributed by atoms with Gasteiger partial charge in [0.1, 0.15) is 0 Å². The van der Waals surface area contributed by atoms with Gasteiger partial charge in [-0.15, -0.1) is 0 Å². The molecule has 1 amide bonds. The van der Waals surface area contributed by atoms with Gasteiger partial charge in [0.25, 0.3) is 0 Å². The van der Waals surface area contributed by atoms with E-state index in [9.17, 15) is 4.79 Å². The maximum absolute atomic E-state index is 12.5. The van der Waals surface area contributed by atoms with Gasteiger partial charge in [0.05, 0.1) is 0 Å². The Bertz CT molecular complexity index is 526. The molecule has 1 aliphatic heterocycles. The predicted molar refractivity (Wildman–Crippen MR) is 84.9 cm³/mol. The third-order valence-electron chi connectivity index (χ3n) is 4.85. The zero-order valence-electron chi connectivity index (χ0n) is 12.1. The van der Waals surface area contributed by atoms with Gasteiger partial charge in [-0.05, 0) is 74.9 Å². The highest BCUT2D eigenvalue weighted by Crippen LogP contribution is 2.58. The minimum atomic E-state index is 0.209. The van der Waals surface area contributed by atoms with Gasteiger partial charge >= 0.3 is 0 Å². The fraction of sp³-hybridized carbons (Fsp3) is 0.562. The van der Waals surface area contributed by atoms with Crippen molar-refractivity contribution in [1.29, 1.82) is 0 Å². The third kappa shape index (κ3) is 2.51. The van der Waals surface area contributed by atoms with Crippen LogP contribution >= 0.6 is 15.9 Å². The second-order valence-corrected chi connectivity index (χ2v) is 7.19. The van der Waals surface area contributed by atoms with Crippen molar-refractivity contribution >= 4 is 27.5 Å². The second kappa shape index (κ2) is 5.15. The molecule has 2 N–H and O–H groups in total. The van der Waals surface area contributed by atoms with E-state index in [0.29, 0.717) is 5.41 Å². The van der Waals surface area contributed by atoms with Crippen molar-refractivity contribution < 1.29 is 4.79 Å². The van der Waals surface area contributed by atoms with Crippen LogP contribution in [-0.2, 0) is 4.79 Å². The summed E-state index contributed by atoms with van der Waals surface area (Å²) in [5.41, 5.74) is 3.51. The molecule has 108 valence electrons. The largest absolute Gasteiger partial charge is 0.325 e. The van der Waals surface area contributed by atoms with E-state index in [-0.39, 0.29) is 11.8 Å². The number of carbonyl (C=O) groups is 1. The van der Waals surface area contributed by atoms with Crippen LogP contribution in [-0.4, -0.2) is 19.0 Å². The normalized spacial score (nSPS) is 23.6. The highest BCUT2D eigenvalue weighted by molar-refractivity contribution is 9.10. The molecule has 2 aliphatic rings. The first-order chi connectivity index (χ1) is 9.52. The van der Waals surface area contributed by atoms with Crippen molar-refractivity contribution in [2.24, 2.45) is 11.3 Å². The Balaban J connectivity index is 1.72. The van der Waals surface area contributed by atoms with Crippen LogP contribution in [0.1, 0.15) is 30.4 Å². The molecule has 1 aliphatic carbocycles. The molecule has 20 heavy (non-hydrogen) atoms. The summed E-state index contributed by atoms with van der Waals surface area (Å²) in [6, 6.07) is 4.10. The van der Waals surface area contributed by atoms with Crippen LogP contribution in [0.2, 0.25) is 0 Å². The fourth-order valence-electron chi connectivity index (χ4n) is 3.51. The first-order valence-corrected chi connectivity index (χ1v) is 8.09. The standard InChI is InChI=1S/C16H21BrN2O/c1-10-7-12(17)8-11(2)14(10)19-15(20)13-9-16(13)3-5-18-6-4-16/h7-8,13,18H,3-6,9H2,1-2H3,(H,19,20). The van der Waals surface area contributed by atoms with Crippen LogP contribution in [0.3, 0.4) is 0 Å². The number of hydrogen-bond acceptors (Lipinski definition) is 2. The van der Waals surface area contributed by atoms with Gasteiger partial charge in [0, 0.05) is 16.1 Å². The quantitative estimate of drug-likeness (QED) is 0.869. The molecule has 0 aromatic heterocycles. The number of benzene rings is 1. The van der Waals surface area contributed by atoms with E-state index >= 15 is 0 Å². The van der Waals surface area contributed by atoms with Crippen LogP contribution in [0, 0.1) is 25.2 Å². The zero-order valence-corrected chi connectivity index (χ0v) is 13.6. The molecule has 1 atom stereocenters. The van der Waals surface area contributed by atoms with Gasteiger partial charge in [0.2, 0.25) is 5.91 Å². The Labute approximate surface area is 128 Å². The summed E-state index contributed by atoms with van der Waals surface area (Å²) in [5.74, 6) is 0.424. The summed E-state index contributed by atoms with van der Waals surface area (Å²) in [5, 5.41) is 6.54. The average molecular weight is 337 g/mol. The van der Waals surface area contributed by atoms with Gasteiger partial charge in [-0.2, -0.15) is 0 Å². The lowest BCUT2D eigenvalue weighted by Crippen LogP contribution is -2.31. The molecule has 0 bridgehead atoms. The molecule has 2 fully saturated rings. The number of halogens is 1. The van der Waals surface area contributed by atoms with Crippen molar-refractivity contribution in [2.75, 3.05) is 18.4 Å². The van der Waals surface area contributed by atoms with Crippen molar-refractivity contribution in [3.8, 4) is 0 Å². The molecule has 3 nitrogen and oxygen atoms in total. The number of amides is 1. The van der Waals surface area contributed by atoms with E-state index in [4.69, 9.17) is 0 Å². The molecule has 1 saturated heterocycles. The molecular formula is C16H21BrN2O. The number of nitrogens with one attached hydrogen (secondary N) is 2. The van der Waals surface area contributed by atoms with Crippen LogP contribution < -0.4 is 10.6 Å². The van der Waals surface area contributed by atoms with Crippen molar-refractivity contribution in [3.05, 3.63) is 27.7 Å². The van der Waals surface area contributed by atoms with E-state index in [0.717, 1.165) is 53.6 Å². The Morgan fingerprint density at radius 3 is 2.50 bits per heavy atom. The van der Waals surface area contributed by atoms with Crippen LogP contribution in [0.4, 0.5) is 5.69 Å². The van der Waals surface area contributed by atoms with Gasteiger partial charge in [0.15, 0.2) is 0 Å². The number of rotatable bonds is 2. The summed E-state index contributed by atoms with van der Waals surface area (Å²) >= 11 is 3.49. The Morgan fingerprint density at radius 1 is 1.30 bits per heavy atom. The predicted octanol–water partition coefficient (Wildman–Crippen LogP) is 3.39. The van der Waals surface area contributed by atoms with Crippen molar-refractivity contribution in [1.82, 2.24) is 5.32 Å². The SMILES string of the molecule is Cc1cc(Br)cc(C)c1NC(=O)C1CC12CCNCC2.